The Bertz CT molecular complexity index is 961. The van der Waals surface area contributed by atoms with Gasteiger partial charge in [-0.2, -0.15) is 0 Å². The van der Waals surface area contributed by atoms with Crippen molar-refractivity contribution < 1.29 is 14.6 Å². The number of carbonyl (C=O) groups excluding carboxylic acids is 1. The fourth-order valence-corrected chi connectivity index (χ4v) is 5.84. The summed E-state index contributed by atoms with van der Waals surface area (Å²) in [5.74, 6) is -0.509. The second-order valence-corrected chi connectivity index (χ2v) is 9.75. The van der Waals surface area contributed by atoms with E-state index in [0.29, 0.717) is 17.1 Å². The lowest BCUT2D eigenvalue weighted by Gasteiger charge is -2.33. The van der Waals surface area contributed by atoms with E-state index in [-0.39, 0.29) is 12.6 Å². The molecule has 5 rings (SSSR count). The number of aliphatic hydroxyl groups is 1. The number of rotatable bonds is 4. The van der Waals surface area contributed by atoms with Gasteiger partial charge in [0.2, 0.25) is 0 Å². The summed E-state index contributed by atoms with van der Waals surface area (Å²) >= 11 is 6.34. The first-order valence-electron chi connectivity index (χ1n) is 10.8. The largest absolute Gasteiger partial charge is 0.460 e. The molecule has 156 valence electrons. The summed E-state index contributed by atoms with van der Waals surface area (Å²) in [4.78, 5) is 15.3. The zero-order valence-corrected chi connectivity index (χ0v) is 17.9. The quantitative estimate of drug-likeness (QED) is 0.758. The Morgan fingerprint density at radius 1 is 1.28 bits per heavy atom. The van der Waals surface area contributed by atoms with Crippen molar-refractivity contribution >= 4 is 28.5 Å². The van der Waals surface area contributed by atoms with E-state index >= 15 is 0 Å². The van der Waals surface area contributed by atoms with E-state index in [1.807, 2.05) is 18.2 Å². The van der Waals surface area contributed by atoms with E-state index in [1.165, 1.54) is 17.7 Å². The van der Waals surface area contributed by atoms with Gasteiger partial charge in [-0.25, -0.2) is 4.79 Å². The predicted molar refractivity (Wildman–Crippen MR) is 113 cm³/mol. The zero-order valence-electron chi connectivity index (χ0n) is 17.2. The zero-order chi connectivity index (χ0) is 20.3. The number of aromatic nitrogens is 1. The van der Waals surface area contributed by atoms with Gasteiger partial charge in [0.15, 0.2) is 5.60 Å². The van der Waals surface area contributed by atoms with E-state index in [0.717, 1.165) is 49.4 Å². The molecule has 6 heteroatoms. The molecular weight excluding hydrogens is 388 g/mol. The molecule has 3 heterocycles. The van der Waals surface area contributed by atoms with E-state index in [1.54, 1.807) is 6.92 Å². The van der Waals surface area contributed by atoms with E-state index < -0.39 is 11.6 Å². The SMILES string of the molecule is CN1C2CCC1c1c(n(CC(C)(O)C(=O)OC3CCCC3)c3ccc(Cl)cc13)C2. The molecule has 2 aromatic rings. The Morgan fingerprint density at radius 2 is 2.03 bits per heavy atom. The van der Waals surface area contributed by atoms with Crippen molar-refractivity contribution in [1.82, 2.24) is 9.47 Å². The summed E-state index contributed by atoms with van der Waals surface area (Å²) in [6.45, 7) is 1.79. The number of hydrogen-bond acceptors (Lipinski definition) is 4. The van der Waals surface area contributed by atoms with Crippen LogP contribution in [0.4, 0.5) is 0 Å². The highest BCUT2D eigenvalue weighted by Gasteiger charge is 2.43. The van der Waals surface area contributed by atoms with Crippen molar-refractivity contribution in [2.75, 3.05) is 7.05 Å². The Balaban J connectivity index is 1.53. The number of nitrogens with zero attached hydrogens (tertiary/aromatic N) is 2. The third-order valence-electron chi connectivity index (χ3n) is 7.26. The fourth-order valence-electron chi connectivity index (χ4n) is 5.66. The summed E-state index contributed by atoms with van der Waals surface area (Å²) in [6.07, 6.45) is 7.18. The average Bonchev–Trinajstić information content (AvgIpc) is 3.33. The lowest BCUT2D eigenvalue weighted by molar-refractivity contribution is -0.170. The van der Waals surface area contributed by atoms with Crippen LogP contribution in [-0.4, -0.2) is 45.3 Å². The Kier molecular flexibility index (Phi) is 4.68. The van der Waals surface area contributed by atoms with Crippen LogP contribution in [0, 0.1) is 0 Å². The number of likely N-dealkylation sites (N-methyl/N-ethyl adjacent to an activating group) is 1. The molecule has 1 saturated carbocycles. The molecule has 1 N–H and O–H groups in total. The molecule has 3 aliphatic rings. The van der Waals surface area contributed by atoms with Crippen molar-refractivity contribution in [3.63, 3.8) is 0 Å². The maximum Gasteiger partial charge on any atom is 0.339 e. The van der Waals surface area contributed by atoms with Gasteiger partial charge in [0.25, 0.3) is 0 Å². The number of fused-ring (bicyclic) bond motifs is 6. The third kappa shape index (κ3) is 3.18. The van der Waals surface area contributed by atoms with Gasteiger partial charge in [-0.05, 0) is 76.3 Å². The van der Waals surface area contributed by atoms with Crippen molar-refractivity contribution in [1.29, 1.82) is 0 Å². The molecule has 1 saturated heterocycles. The molecule has 2 bridgehead atoms. The molecular formula is C23H29ClN2O3. The van der Waals surface area contributed by atoms with Crippen molar-refractivity contribution in [3.8, 4) is 0 Å². The summed E-state index contributed by atoms with van der Waals surface area (Å²) in [5.41, 5.74) is 2.03. The maximum atomic E-state index is 12.8. The smallest absolute Gasteiger partial charge is 0.339 e. The van der Waals surface area contributed by atoms with Crippen LogP contribution in [0.5, 0.6) is 0 Å². The molecule has 3 unspecified atom stereocenters. The topological polar surface area (TPSA) is 54.7 Å². The van der Waals surface area contributed by atoms with E-state index in [2.05, 4.69) is 16.5 Å². The first-order chi connectivity index (χ1) is 13.8. The van der Waals surface area contributed by atoms with Gasteiger partial charge < -0.3 is 14.4 Å². The number of benzene rings is 1. The Hall–Kier alpha value is -1.56. The lowest BCUT2D eigenvalue weighted by atomic mass is 9.97. The standard InChI is InChI=1S/C23H29ClN2O3/c1-23(28,22(27)29-16-5-3-4-6-16)13-26-18-9-7-14(24)11-17(18)21-19-10-8-15(25(19)2)12-20(21)26/h7,9,11,15-16,19,28H,3-6,8,10,12-13H2,1-2H3. The molecule has 2 fully saturated rings. The number of carbonyl (C=O) groups is 1. The van der Waals surface area contributed by atoms with Crippen molar-refractivity contribution in [2.24, 2.45) is 0 Å². The third-order valence-corrected chi connectivity index (χ3v) is 7.50. The van der Waals surface area contributed by atoms with Gasteiger partial charge >= 0.3 is 5.97 Å². The van der Waals surface area contributed by atoms with Gasteiger partial charge in [0, 0.05) is 40.1 Å². The molecule has 1 aromatic carbocycles. The molecule has 1 aromatic heterocycles. The van der Waals surface area contributed by atoms with Crippen LogP contribution < -0.4 is 0 Å². The molecule has 29 heavy (non-hydrogen) atoms. The van der Waals surface area contributed by atoms with Gasteiger partial charge in [0.1, 0.15) is 6.10 Å². The number of ether oxygens (including phenoxy) is 1. The summed E-state index contributed by atoms with van der Waals surface area (Å²) < 4.78 is 7.79. The van der Waals surface area contributed by atoms with Crippen LogP contribution in [0.15, 0.2) is 18.2 Å². The maximum absolute atomic E-state index is 12.8. The minimum Gasteiger partial charge on any atom is -0.460 e. The van der Waals surface area contributed by atoms with Crippen LogP contribution in [0.1, 0.15) is 62.7 Å². The van der Waals surface area contributed by atoms with Gasteiger partial charge in [-0.15, -0.1) is 0 Å². The van der Waals surface area contributed by atoms with Crippen molar-refractivity contribution in [3.05, 3.63) is 34.5 Å². The van der Waals surface area contributed by atoms with E-state index in [4.69, 9.17) is 16.3 Å². The van der Waals surface area contributed by atoms with Crippen LogP contribution in [0.2, 0.25) is 5.02 Å². The highest BCUT2D eigenvalue weighted by molar-refractivity contribution is 6.31. The number of halogens is 1. The number of esters is 1. The average molecular weight is 417 g/mol. The van der Waals surface area contributed by atoms with Crippen LogP contribution in [0.3, 0.4) is 0 Å². The van der Waals surface area contributed by atoms with E-state index in [9.17, 15) is 9.90 Å². The Morgan fingerprint density at radius 3 is 2.79 bits per heavy atom. The molecule has 3 atom stereocenters. The first kappa shape index (κ1) is 19.4. The summed E-state index contributed by atoms with van der Waals surface area (Å²) in [5, 5.41) is 13.0. The minimum atomic E-state index is -1.57. The molecule has 2 aliphatic heterocycles. The van der Waals surface area contributed by atoms with Gasteiger partial charge in [0.05, 0.1) is 6.54 Å². The van der Waals surface area contributed by atoms with Crippen LogP contribution >= 0.6 is 11.6 Å². The Labute approximate surface area is 176 Å². The van der Waals surface area contributed by atoms with Gasteiger partial charge in [-0.1, -0.05) is 11.6 Å². The predicted octanol–water partition coefficient (Wildman–Crippen LogP) is 4.22. The second-order valence-electron chi connectivity index (χ2n) is 9.31. The van der Waals surface area contributed by atoms with Crippen LogP contribution in [0.25, 0.3) is 10.9 Å². The molecule has 0 spiro atoms. The molecule has 0 amide bonds. The number of hydrogen-bond donors (Lipinski definition) is 1. The first-order valence-corrected chi connectivity index (χ1v) is 11.2. The monoisotopic (exact) mass is 416 g/mol. The highest BCUT2D eigenvalue weighted by Crippen LogP contribution is 2.47. The van der Waals surface area contributed by atoms with Crippen LogP contribution in [-0.2, 0) is 22.5 Å². The molecule has 1 aliphatic carbocycles. The molecule has 5 nitrogen and oxygen atoms in total. The normalized spacial score (nSPS) is 26.6. The second kappa shape index (κ2) is 7.00. The lowest BCUT2D eigenvalue weighted by Crippen LogP contribution is -2.43. The fraction of sp³-hybridized carbons (Fsp3) is 0.609. The summed E-state index contributed by atoms with van der Waals surface area (Å²) in [6, 6.07) is 6.83. The minimum absolute atomic E-state index is 0.0485. The highest BCUT2D eigenvalue weighted by atomic mass is 35.5. The van der Waals surface area contributed by atoms with Crippen molar-refractivity contribution in [2.45, 2.75) is 82.2 Å². The molecule has 0 radical (unpaired) electrons. The summed E-state index contributed by atoms with van der Waals surface area (Å²) in [7, 11) is 2.20. The van der Waals surface area contributed by atoms with Gasteiger partial charge in [-0.3, -0.25) is 4.90 Å².